The quantitative estimate of drug-likeness (QED) is 0.793. The Morgan fingerprint density at radius 1 is 1.32 bits per heavy atom. The number of imidazole rings is 1. The lowest BCUT2D eigenvalue weighted by molar-refractivity contribution is 0.0725. The number of nitrogens with one attached hydrogen (secondary N) is 1. The zero-order chi connectivity index (χ0) is 17.2. The van der Waals surface area contributed by atoms with Gasteiger partial charge in [0.15, 0.2) is 0 Å². The van der Waals surface area contributed by atoms with Crippen molar-refractivity contribution < 1.29 is 9.53 Å². The number of fused-ring (bicyclic) bond motifs is 1. The first-order chi connectivity index (χ1) is 12.3. The monoisotopic (exact) mass is 336 g/mol. The van der Waals surface area contributed by atoms with E-state index < -0.39 is 0 Å². The molecule has 0 bridgehead atoms. The lowest BCUT2D eigenvalue weighted by Gasteiger charge is -2.23. The third-order valence-electron chi connectivity index (χ3n) is 4.52. The molecule has 0 radical (unpaired) electrons. The number of likely N-dealkylation sites (tertiary alicyclic amines) is 1. The van der Waals surface area contributed by atoms with Crippen LogP contribution in [0.1, 0.15) is 42.0 Å². The number of aromatic amines is 1. The Balaban J connectivity index is 1.66. The molecule has 128 valence electrons. The molecular formula is C19H20N4O2. The van der Waals surface area contributed by atoms with Gasteiger partial charge in [-0.3, -0.25) is 4.79 Å². The van der Waals surface area contributed by atoms with E-state index in [4.69, 9.17) is 4.74 Å². The van der Waals surface area contributed by atoms with Crippen LogP contribution in [0.5, 0.6) is 5.88 Å². The van der Waals surface area contributed by atoms with Crippen molar-refractivity contribution in [3.63, 3.8) is 0 Å². The molecule has 1 saturated heterocycles. The summed E-state index contributed by atoms with van der Waals surface area (Å²) < 4.78 is 5.52. The Morgan fingerprint density at radius 2 is 2.20 bits per heavy atom. The summed E-state index contributed by atoms with van der Waals surface area (Å²) in [6, 6.07) is 11.4. The van der Waals surface area contributed by atoms with E-state index >= 15 is 0 Å². The fourth-order valence-electron chi connectivity index (χ4n) is 3.38. The molecule has 1 aliphatic heterocycles. The number of ether oxygens (including phenoxy) is 1. The average molecular weight is 336 g/mol. The highest BCUT2D eigenvalue weighted by molar-refractivity contribution is 5.96. The van der Waals surface area contributed by atoms with Crippen LogP contribution in [0.15, 0.2) is 42.6 Å². The Labute approximate surface area is 145 Å². The van der Waals surface area contributed by atoms with Crippen LogP contribution in [-0.2, 0) is 0 Å². The molecule has 4 rings (SSSR count). The highest BCUT2D eigenvalue weighted by atomic mass is 16.5. The molecule has 0 saturated carbocycles. The lowest BCUT2D eigenvalue weighted by atomic mass is 10.2. The average Bonchev–Trinajstić information content (AvgIpc) is 3.28. The minimum atomic E-state index is -0.0560. The van der Waals surface area contributed by atoms with Gasteiger partial charge >= 0.3 is 0 Å². The van der Waals surface area contributed by atoms with Gasteiger partial charge in [-0.1, -0.05) is 12.1 Å². The summed E-state index contributed by atoms with van der Waals surface area (Å²) in [6.07, 6.45) is 3.50. The summed E-state index contributed by atoms with van der Waals surface area (Å²) in [5.41, 5.74) is 2.42. The van der Waals surface area contributed by atoms with E-state index in [2.05, 4.69) is 15.0 Å². The molecular weight excluding hydrogens is 316 g/mol. The molecule has 3 aromatic rings. The molecule has 3 heterocycles. The van der Waals surface area contributed by atoms with Gasteiger partial charge in [-0.15, -0.1) is 0 Å². The highest BCUT2D eigenvalue weighted by Crippen LogP contribution is 2.33. The van der Waals surface area contributed by atoms with E-state index in [1.54, 1.807) is 18.3 Å². The highest BCUT2D eigenvalue weighted by Gasteiger charge is 2.34. The van der Waals surface area contributed by atoms with Crippen molar-refractivity contribution >= 4 is 16.9 Å². The molecule has 0 aliphatic carbocycles. The maximum atomic E-state index is 13.1. The number of aromatic nitrogens is 3. The second kappa shape index (κ2) is 6.55. The number of hydrogen-bond donors (Lipinski definition) is 1. The van der Waals surface area contributed by atoms with Crippen molar-refractivity contribution in [1.29, 1.82) is 0 Å². The molecule has 1 amide bonds. The lowest BCUT2D eigenvalue weighted by Crippen LogP contribution is -2.31. The summed E-state index contributed by atoms with van der Waals surface area (Å²) in [5.74, 6) is 1.18. The number of amides is 1. The van der Waals surface area contributed by atoms with E-state index in [9.17, 15) is 4.79 Å². The normalized spacial score (nSPS) is 17.2. The second-order valence-electron chi connectivity index (χ2n) is 6.08. The first-order valence-electron chi connectivity index (χ1n) is 8.61. The van der Waals surface area contributed by atoms with Crippen molar-refractivity contribution in [3.8, 4) is 5.88 Å². The fourth-order valence-corrected chi connectivity index (χ4v) is 3.38. The summed E-state index contributed by atoms with van der Waals surface area (Å²) >= 11 is 0. The van der Waals surface area contributed by atoms with Crippen LogP contribution in [0.2, 0.25) is 0 Å². The van der Waals surface area contributed by atoms with Crippen LogP contribution < -0.4 is 4.74 Å². The van der Waals surface area contributed by atoms with Crippen LogP contribution in [0, 0.1) is 0 Å². The molecule has 6 nitrogen and oxygen atoms in total. The van der Waals surface area contributed by atoms with Gasteiger partial charge in [0.25, 0.3) is 5.91 Å². The summed E-state index contributed by atoms with van der Waals surface area (Å²) in [4.78, 5) is 27.2. The van der Waals surface area contributed by atoms with Crippen molar-refractivity contribution in [2.24, 2.45) is 0 Å². The SMILES string of the molecule is CCOc1ncccc1C(=O)N1CCC[C@H]1c1nc2ccccc2[nH]1. The number of carbonyl (C=O) groups excluding carboxylic acids is 1. The van der Waals surface area contributed by atoms with E-state index in [0.29, 0.717) is 24.6 Å². The van der Waals surface area contributed by atoms with Gasteiger partial charge in [-0.05, 0) is 44.0 Å². The molecule has 0 unspecified atom stereocenters. The molecule has 1 aromatic carbocycles. The van der Waals surface area contributed by atoms with Crippen molar-refractivity contribution in [2.45, 2.75) is 25.8 Å². The van der Waals surface area contributed by atoms with Crippen molar-refractivity contribution in [1.82, 2.24) is 19.9 Å². The minimum Gasteiger partial charge on any atom is -0.477 e. The number of carbonyl (C=O) groups is 1. The number of para-hydroxylation sites is 2. The third kappa shape index (κ3) is 2.84. The Bertz CT molecular complexity index is 872. The van der Waals surface area contributed by atoms with Crippen molar-refractivity contribution in [2.75, 3.05) is 13.2 Å². The largest absolute Gasteiger partial charge is 0.477 e. The van der Waals surface area contributed by atoms with Gasteiger partial charge in [0, 0.05) is 12.7 Å². The minimum absolute atomic E-state index is 0.0467. The molecule has 1 N–H and O–H groups in total. The van der Waals surface area contributed by atoms with Crippen LogP contribution in [0.3, 0.4) is 0 Å². The second-order valence-corrected chi connectivity index (χ2v) is 6.08. The van der Waals surface area contributed by atoms with Crippen molar-refractivity contribution in [3.05, 3.63) is 54.0 Å². The summed E-state index contributed by atoms with van der Waals surface area (Å²) in [6.45, 7) is 3.07. The number of pyridine rings is 1. The zero-order valence-electron chi connectivity index (χ0n) is 14.1. The predicted octanol–water partition coefficient (Wildman–Crippen LogP) is 3.33. The first kappa shape index (κ1) is 15.6. The van der Waals surface area contributed by atoms with Gasteiger partial charge in [0.05, 0.1) is 23.7 Å². The third-order valence-corrected chi connectivity index (χ3v) is 4.52. The molecule has 25 heavy (non-hydrogen) atoms. The van der Waals surface area contributed by atoms with Gasteiger partial charge in [0.2, 0.25) is 5.88 Å². The van der Waals surface area contributed by atoms with E-state index in [-0.39, 0.29) is 11.9 Å². The number of rotatable bonds is 4. The van der Waals surface area contributed by atoms with E-state index in [0.717, 1.165) is 29.7 Å². The number of benzene rings is 1. The molecule has 0 spiro atoms. The van der Waals surface area contributed by atoms with Gasteiger partial charge in [-0.2, -0.15) is 0 Å². The number of nitrogens with zero attached hydrogens (tertiary/aromatic N) is 3. The predicted molar refractivity (Wildman–Crippen MR) is 94.5 cm³/mol. The first-order valence-corrected chi connectivity index (χ1v) is 8.61. The Hall–Kier alpha value is -2.89. The Kier molecular flexibility index (Phi) is 4.09. The maximum Gasteiger partial charge on any atom is 0.259 e. The standard InChI is InChI=1S/C19H20N4O2/c1-2-25-18-13(7-5-11-20-18)19(24)23-12-6-10-16(23)17-21-14-8-3-4-9-15(14)22-17/h3-5,7-9,11,16H,2,6,10,12H2,1H3,(H,21,22)/t16-/m0/s1. The topological polar surface area (TPSA) is 71.1 Å². The summed E-state index contributed by atoms with van der Waals surface area (Å²) in [5, 5.41) is 0. The van der Waals surface area contributed by atoms with Gasteiger partial charge in [-0.25, -0.2) is 9.97 Å². The van der Waals surface area contributed by atoms with E-state index in [1.165, 1.54) is 0 Å². The van der Waals surface area contributed by atoms with Crippen LogP contribution >= 0.6 is 0 Å². The smallest absolute Gasteiger partial charge is 0.259 e. The fraction of sp³-hybridized carbons (Fsp3) is 0.316. The van der Waals surface area contributed by atoms with Crippen LogP contribution in [0.25, 0.3) is 11.0 Å². The molecule has 1 atom stereocenters. The zero-order valence-corrected chi connectivity index (χ0v) is 14.1. The Morgan fingerprint density at radius 3 is 3.04 bits per heavy atom. The summed E-state index contributed by atoms with van der Waals surface area (Å²) in [7, 11) is 0. The van der Waals surface area contributed by atoms with Crippen LogP contribution in [-0.4, -0.2) is 38.9 Å². The molecule has 6 heteroatoms. The number of hydrogen-bond acceptors (Lipinski definition) is 4. The number of H-pyrrole nitrogens is 1. The van der Waals surface area contributed by atoms with Gasteiger partial charge < -0.3 is 14.6 Å². The van der Waals surface area contributed by atoms with Crippen LogP contribution in [0.4, 0.5) is 0 Å². The van der Waals surface area contributed by atoms with E-state index in [1.807, 2.05) is 36.1 Å². The molecule has 1 aliphatic rings. The molecule has 1 fully saturated rings. The molecule has 2 aromatic heterocycles. The maximum absolute atomic E-state index is 13.1. The van der Waals surface area contributed by atoms with Gasteiger partial charge in [0.1, 0.15) is 11.4 Å².